The Bertz CT molecular complexity index is 671. The van der Waals surface area contributed by atoms with Crippen LogP contribution in [0.25, 0.3) is 0 Å². The molecule has 0 aliphatic rings. The van der Waals surface area contributed by atoms with Crippen LogP contribution in [0.2, 0.25) is 0 Å². The van der Waals surface area contributed by atoms with Crippen LogP contribution in [0.15, 0.2) is 41.8 Å². The van der Waals surface area contributed by atoms with E-state index in [4.69, 9.17) is 6.42 Å². The average molecular weight is 342 g/mol. The van der Waals surface area contributed by atoms with Gasteiger partial charge in [-0.3, -0.25) is 4.79 Å². The van der Waals surface area contributed by atoms with Crippen molar-refractivity contribution in [2.45, 2.75) is 32.2 Å². The fourth-order valence-electron chi connectivity index (χ4n) is 2.60. The zero-order valence-electron chi connectivity index (χ0n) is 14.3. The van der Waals surface area contributed by atoms with E-state index in [1.807, 2.05) is 6.07 Å². The fourth-order valence-corrected chi connectivity index (χ4v) is 3.45. The van der Waals surface area contributed by atoms with Gasteiger partial charge in [-0.15, -0.1) is 17.8 Å². The van der Waals surface area contributed by atoms with Gasteiger partial charge in [0.2, 0.25) is 0 Å². The van der Waals surface area contributed by atoms with E-state index in [1.54, 1.807) is 11.3 Å². The molecule has 0 unspecified atom stereocenters. The molecule has 24 heavy (non-hydrogen) atoms. The zero-order chi connectivity index (χ0) is 17.4. The van der Waals surface area contributed by atoms with Gasteiger partial charge in [0.25, 0.3) is 5.91 Å². The van der Waals surface area contributed by atoms with Gasteiger partial charge in [0.1, 0.15) is 6.04 Å². The topological polar surface area (TPSA) is 45.7 Å². The lowest BCUT2D eigenvalue weighted by atomic mass is 9.95. The number of rotatable bonds is 8. The van der Waals surface area contributed by atoms with Gasteiger partial charge in [-0.05, 0) is 29.3 Å². The van der Waals surface area contributed by atoms with Crippen molar-refractivity contribution >= 4 is 17.2 Å². The van der Waals surface area contributed by atoms with E-state index in [9.17, 15) is 4.79 Å². The molecule has 0 aliphatic carbocycles. The fraction of sp³-hybridized carbons (Fsp3) is 0.350. The van der Waals surface area contributed by atoms with E-state index in [0.717, 1.165) is 6.42 Å². The molecule has 3 N–H and O–H groups in total. The number of benzene rings is 1. The number of terminal acetylenes is 1. The summed E-state index contributed by atoms with van der Waals surface area (Å²) in [6.45, 7) is 5.08. The first-order valence-electron chi connectivity index (χ1n) is 8.32. The Hall–Kier alpha value is -2.09. The van der Waals surface area contributed by atoms with Gasteiger partial charge in [-0.25, -0.2) is 0 Å². The number of hydrogen-bond donors (Lipinski definition) is 2. The van der Waals surface area contributed by atoms with Crippen LogP contribution in [0, 0.1) is 12.3 Å². The summed E-state index contributed by atoms with van der Waals surface area (Å²) in [7, 11) is 0. The number of amides is 1. The smallest absolute Gasteiger partial charge is 0.275 e. The second-order valence-electron chi connectivity index (χ2n) is 5.89. The molecule has 0 spiro atoms. The molecule has 1 aromatic carbocycles. The SMILES string of the molecule is C#CCNC(=O)C[NH2+][C@H](c1ccc([C@@H](C)CC)cc1)c1cccs1. The number of hydrogen-bond acceptors (Lipinski definition) is 2. The van der Waals surface area contributed by atoms with E-state index < -0.39 is 0 Å². The molecule has 2 atom stereocenters. The van der Waals surface area contributed by atoms with E-state index in [-0.39, 0.29) is 18.5 Å². The van der Waals surface area contributed by atoms with Gasteiger partial charge in [0.05, 0.1) is 11.4 Å². The molecule has 0 saturated heterocycles. The summed E-state index contributed by atoms with van der Waals surface area (Å²) in [6, 6.07) is 13.1. The first-order valence-corrected chi connectivity index (χ1v) is 9.20. The maximum Gasteiger partial charge on any atom is 0.275 e. The van der Waals surface area contributed by atoms with Crippen LogP contribution in [0.3, 0.4) is 0 Å². The minimum absolute atomic E-state index is 0.0364. The predicted octanol–water partition coefficient (Wildman–Crippen LogP) is 2.66. The van der Waals surface area contributed by atoms with Gasteiger partial charge in [0.15, 0.2) is 6.54 Å². The molecule has 3 nitrogen and oxygen atoms in total. The molecule has 0 fully saturated rings. The highest BCUT2D eigenvalue weighted by Gasteiger charge is 2.20. The maximum absolute atomic E-state index is 11.9. The number of carbonyl (C=O) groups excluding carboxylic acids is 1. The first kappa shape index (κ1) is 18.3. The molecule has 1 amide bonds. The van der Waals surface area contributed by atoms with Gasteiger partial charge >= 0.3 is 0 Å². The lowest BCUT2D eigenvalue weighted by Gasteiger charge is -2.16. The second kappa shape index (κ2) is 9.27. The molecular formula is C20H25N2OS+. The Morgan fingerprint density at radius 3 is 2.58 bits per heavy atom. The third-order valence-corrected chi connectivity index (χ3v) is 5.21. The van der Waals surface area contributed by atoms with Crippen LogP contribution in [-0.4, -0.2) is 19.0 Å². The lowest BCUT2D eigenvalue weighted by molar-refractivity contribution is -0.676. The van der Waals surface area contributed by atoms with Gasteiger partial charge in [0, 0.05) is 5.56 Å². The van der Waals surface area contributed by atoms with Crippen LogP contribution >= 0.6 is 11.3 Å². The summed E-state index contributed by atoms with van der Waals surface area (Å²) >= 11 is 1.72. The molecular weight excluding hydrogens is 316 g/mol. The van der Waals surface area contributed by atoms with Crippen LogP contribution < -0.4 is 10.6 Å². The summed E-state index contributed by atoms with van der Waals surface area (Å²) in [6.07, 6.45) is 6.31. The summed E-state index contributed by atoms with van der Waals surface area (Å²) < 4.78 is 0. The first-order chi connectivity index (χ1) is 11.7. The Labute approximate surface area is 148 Å². The molecule has 0 saturated carbocycles. The maximum atomic E-state index is 11.9. The van der Waals surface area contributed by atoms with Crippen molar-refractivity contribution in [3.63, 3.8) is 0 Å². The van der Waals surface area contributed by atoms with Crippen molar-refractivity contribution in [1.82, 2.24) is 5.32 Å². The van der Waals surface area contributed by atoms with Crippen LogP contribution in [-0.2, 0) is 4.79 Å². The van der Waals surface area contributed by atoms with Crippen LogP contribution in [0.1, 0.15) is 48.2 Å². The van der Waals surface area contributed by atoms with Crippen molar-refractivity contribution in [2.24, 2.45) is 0 Å². The van der Waals surface area contributed by atoms with Crippen LogP contribution in [0.4, 0.5) is 0 Å². The highest BCUT2D eigenvalue weighted by atomic mass is 32.1. The quantitative estimate of drug-likeness (QED) is 0.713. The molecule has 1 aromatic heterocycles. The minimum Gasteiger partial charge on any atom is -0.340 e. The molecule has 0 aliphatic heterocycles. The molecule has 0 radical (unpaired) electrons. The number of nitrogens with two attached hydrogens (primary N) is 1. The Morgan fingerprint density at radius 1 is 1.29 bits per heavy atom. The Kier molecular flexibility index (Phi) is 7.05. The van der Waals surface area contributed by atoms with E-state index in [0.29, 0.717) is 12.5 Å². The molecule has 2 rings (SSSR count). The third-order valence-electron chi connectivity index (χ3n) is 4.25. The Morgan fingerprint density at radius 2 is 2.00 bits per heavy atom. The largest absolute Gasteiger partial charge is 0.340 e. The highest BCUT2D eigenvalue weighted by Crippen LogP contribution is 2.25. The molecule has 126 valence electrons. The predicted molar refractivity (Wildman–Crippen MR) is 99.9 cm³/mol. The van der Waals surface area contributed by atoms with Gasteiger partial charge in [-0.1, -0.05) is 50.1 Å². The van der Waals surface area contributed by atoms with Gasteiger partial charge < -0.3 is 10.6 Å². The van der Waals surface area contributed by atoms with Gasteiger partial charge in [-0.2, -0.15) is 0 Å². The number of carbonyl (C=O) groups is 1. The van der Waals surface area contributed by atoms with Crippen molar-refractivity contribution in [2.75, 3.05) is 13.1 Å². The summed E-state index contributed by atoms with van der Waals surface area (Å²) in [5, 5.41) is 6.85. The van der Waals surface area contributed by atoms with Crippen molar-refractivity contribution in [3.8, 4) is 12.3 Å². The number of quaternary nitrogens is 1. The van der Waals surface area contributed by atoms with E-state index in [1.165, 1.54) is 16.0 Å². The molecule has 1 heterocycles. The van der Waals surface area contributed by atoms with E-state index >= 15 is 0 Å². The Balaban J connectivity index is 2.12. The van der Waals surface area contributed by atoms with Crippen molar-refractivity contribution < 1.29 is 10.1 Å². The number of thiophene rings is 1. The minimum atomic E-state index is -0.0364. The summed E-state index contributed by atoms with van der Waals surface area (Å²) in [5.74, 6) is 2.95. The zero-order valence-corrected chi connectivity index (χ0v) is 15.1. The molecule has 4 heteroatoms. The third kappa shape index (κ3) is 4.95. The monoisotopic (exact) mass is 341 g/mol. The van der Waals surface area contributed by atoms with Crippen LogP contribution in [0.5, 0.6) is 0 Å². The number of nitrogens with one attached hydrogen (secondary N) is 1. The summed E-state index contributed by atoms with van der Waals surface area (Å²) in [5.41, 5.74) is 2.58. The highest BCUT2D eigenvalue weighted by molar-refractivity contribution is 7.10. The van der Waals surface area contributed by atoms with Crippen molar-refractivity contribution in [1.29, 1.82) is 0 Å². The van der Waals surface area contributed by atoms with E-state index in [2.05, 4.69) is 66.1 Å². The second-order valence-corrected chi connectivity index (χ2v) is 6.87. The lowest BCUT2D eigenvalue weighted by Crippen LogP contribution is -2.87. The summed E-state index contributed by atoms with van der Waals surface area (Å²) in [4.78, 5) is 13.1. The van der Waals surface area contributed by atoms with Crippen molar-refractivity contribution in [3.05, 3.63) is 57.8 Å². The molecule has 0 bridgehead atoms. The normalized spacial score (nSPS) is 13.0. The standard InChI is InChI=1S/C20H24N2OS/c1-4-12-21-19(23)14-22-20(18-7-6-13-24-18)17-10-8-16(9-11-17)15(3)5-2/h1,6-11,13,15,20,22H,5,12,14H2,2-3H3,(H,21,23)/p+1/t15-,20+/m0/s1. The average Bonchev–Trinajstić information content (AvgIpc) is 3.14. The molecule has 2 aromatic rings.